The Labute approximate surface area is 161 Å². The number of nitrogens with zero attached hydrogens (tertiary/aromatic N) is 4. The molecule has 1 atom stereocenters. The summed E-state index contributed by atoms with van der Waals surface area (Å²) in [6.07, 6.45) is 4.82. The first-order valence-corrected chi connectivity index (χ1v) is 9.58. The first-order chi connectivity index (χ1) is 13.6. The van der Waals surface area contributed by atoms with Gasteiger partial charge in [0.15, 0.2) is 5.38 Å². The fourth-order valence-electron chi connectivity index (χ4n) is 3.29. The third-order valence-electron chi connectivity index (χ3n) is 4.42. The number of carboxylic acid groups (broad SMARTS) is 1. The van der Waals surface area contributed by atoms with E-state index in [-0.39, 0.29) is 0 Å². The van der Waals surface area contributed by atoms with E-state index >= 15 is 0 Å². The predicted octanol–water partition coefficient (Wildman–Crippen LogP) is 4.65. The molecule has 5 rings (SSSR count). The van der Waals surface area contributed by atoms with E-state index in [1.54, 1.807) is 42.0 Å². The number of amides is 2. The lowest BCUT2D eigenvalue weighted by Gasteiger charge is -2.28. The molecule has 0 radical (unpaired) electrons. The molecule has 9 heteroatoms. The molecule has 0 aromatic carbocycles. The van der Waals surface area contributed by atoms with Crippen molar-refractivity contribution in [1.29, 1.82) is 0 Å². The first-order valence-electron chi connectivity index (χ1n) is 8.30. The Kier molecular flexibility index (Phi) is 3.56. The van der Waals surface area contributed by atoms with E-state index in [1.807, 2.05) is 12.1 Å². The summed E-state index contributed by atoms with van der Waals surface area (Å²) in [7, 11) is -1.21. The number of thiophene rings is 1. The van der Waals surface area contributed by atoms with Gasteiger partial charge in [-0.15, -0.1) is 0 Å². The smallest absolute Gasteiger partial charge is 0.437 e. The normalized spacial score (nSPS) is 13.5. The van der Waals surface area contributed by atoms with Crippen molar-refractivity contribution in [3.63, 3.8) is 0 Å². The molecule has 0 fully saturated rings. The summed E-state index contributed by atoms with van der Waals surface area (Å²) in [5.41, 5.74) is 2.78. The zero-order valence-corrected chi connectivity index (χ0v) is 15.1. The van der Waals surface area contributed by atoms with Crippen LogP contribution in [-0.4, -0.2) is 31.4 Å². The molecule has 0 aliphatic carbocycles. The van der Waals surface area contributed by atoms with E-state index in [1.165, 1.54) is 11.1 Å². The molecule has 5 heterocycles. The maximum atomic E-state index is 13.0. The van der Waals surface area contributed by atoms with Crippen LogP contribution in [0.3, 0.4) is 0 Å². The van der Waals surface area contributed by atoms with E-state index in [0.717, 1.165) is 0 Å². The van der Waals surface area contributed by atoms with Gasteiger partial charge in [-0.1, -0.05) is 6.07 Å². The predicted molar refractivity (Wildman–Crippen MR) is 106 cm³/mol. The number of carbonyl (C=O) groups excluding carboxylic acids is 1. The maximum absolute atomic E-state index is 13.0. The highest BCUT2D eigenvalue weighted by atomic mass is 32.2. The Morgan fingerprint density at radius 3 is 2.64 bits per heavy atom. The fraction of sp³-hybridized carbons (Fsp3) is 0. The zero-order valence-electron chi connectivity index (χ0n) is 14.2. The lowest BCUT2D eigenvalue weighted by Crippen LogP contribution is -2.34. The molecule has 1 unspecified atom stereocenters. The quantitative estimate of drug-likeness (QED) is 0.493. The van der Waals surface area contributed by atoms with Gasteiger partial charge in [-0.05, 0) is 30.3 Å². The largest absolute Gasteiger partial charge is 0.554 e. The molecular formula is C19H12N5O3S+. The van der Waals surface area contributed by atoms with Gasteiger partial charge in [-0.25, -0.2) is 9.78 Å². The number of rotatable bonds is 3. The van der Waals surface area contributed by atoms with Crippen LogP contribution in [0.25, 0.3) is 21.6 Å². The molecule has 4 aromatic rings. The summed E-state index contributed by atoms with van der Waals surface area (Å²) >= 11 is 0. The van der Waals surface area contributed by atoms with Crippen molar-refractivity contribution in [3.8, 4) is 11.4 Å². The molecule has 2 N–H and O–H groups in total. The average molecular weight is 390 g/mol. The summed E-state index contributed by atoms with van der Waals surface area (Å²) in [6.45, 7) is 0. The molecule has 1 aliphatic heterocycles. The molecule has 136 valence electrons. The maximum Gasteiger partial charge on any atom is 0.554 e. The highest BCUT2D eigenvalue weighted by Crippen LogP contribution is 2.47. The first kappa shape index (κ1) is 16.3. The minimum atomic E-state index is -1.21. The number of aromatic nitrogens is 3. The van der Waals surface area contributed by atoms with E-state index < -0.39 is 21.8 Å². The van der Waals surface area contributed by atoms with Gasteiger partial charge in [-0.2, -0.15) is 4.79 Å². The van der Waals surface area contributed by atoms with Crippen LogP contribution < -0.4 is 10.2 Å². The number of pyridine rings is 3. The lowest BCUT2D eigenvalue weighted by atomic mass is 10.1. The molecule has 4 aromatic heterocycles. The summed E-state index contributed by atoms with van der Waals surface area (Å²) in [4.78, 5) is 39.5. The SMILES string of the molecule is O=C1Nc2c[s+](C(=O)O)c3nccc(c23)N1c1cccnc1-c1ccccn1. The van der Waals surface area contributed by atoms with Crippen LogP contribution in [0.15, 0.2) is 60.4 Å². The second kappa shape index (κ2) is 6.10. The van der Waals surface area contributed by atoms with Crippen LogP contribution in [0.5, 0.6) is 0 Å². The molecule has 0 bridgehead atoms. The van der Waals surface area contributed by atoms with E-state index in [2.05, 4.69) is 20.3 Å². The standard InChI is InChI=1S/C19H11N5O3S/c25-18-23-12-10-28(19(26)27)17-15(12)13(6-9-22-17)24(18)14-5-3-8-21-16(14)11-4-1-2-7-20-11/h1-10H,(H-,23,25,26,27)/p+1. The molecule has 8 nitrogen and oxygen atoms in total. The molecule has 0 saturated carbocycles. The van der Waals surface area contributed by atoms with Gasteiger partial charge in [0, 0.05) is 18.6 Å². The van der Waals surface area contributed by atoms with Gasteiger partial charge >= 0.3 is 11.3 Å². The average Bonchev–Trinajstić information content (AvgIpc) is 3.09. The molecule has 0 spiro atoms. The Bertz CT molecular complexity index is 1260. The van der Waals surface area contributed by atoms with Crippen molar-refractivity contribution in [2.45, 2.75) is 0 Å². The van der Waals surface area contributed by atoms with Crippen LogP contribution in [0.1, 0.15) is 0 Å². The zero-order chi connectivity index (χ0) is 19.3. The van der Waals surface area contributed by atoms with Gasteiger partial charge < -0.3 is 10.4 Å². The van der Waals surface area contributed by atoms with Crippen LogP contribution in [0.4, 0.5) is 26.7 Å². The minimum Gasteiger partial charge on any atom is -0.437 e. The number of hydrogen-bond donors (Lipinski definition) is 2. The Balaban J connectivity index is 1.77. The minimum absolute atomic E-state index is 0.392. The van der Waals surface area contributed by atoms with Crippen molar-refractivity contribution < 1.29 is 14.7 Å². The summed E-state index contributed by atoms with van der Waals surface area (Å²) in [5.74, 6) is 0. The van der Waals surface area contributed by atoms with E-state index in [9.17, 15) is 14.7 Å². The summed E-state index contributed by atoms with van der Waals surface area (Å²) in [6, 6.07) is 10.3. The molecular weight excluding hydrogens is 378 g/mol. The highest BCUT2D eigenvalue weighted by molar-refractivity contribution is 7.54. The van der Waals surface area contributed by atoms with Crippen molar-refractivity contribution >= 4 is 49.1 Å². The van der Waals surface area contributed by atoms with Gasteiger partial charge in [0.25, 0.3) is 4.83 Å². The third-order valence-corrected chi connectivity index (χ3v) is 5.99. The molecule has 28 heavy (non-hydrogen) atoms. The highest BCUT2D eigenvalue weighted by Gasteiger charge is 2.37. The lowest BCUT2D eigenvalue weighted by molar-refractivity contribution is 0.221. The van der Waals surface area contributed by atoms with Crippen molar-refractivity contribution in [2.24, 2.45) is 0 Å². The van der Waals surface area contributed by atoms with Gasteiger partial charge in [0.05, 0.1) is 17.1 Å². The number of hydrogen-bond acceptors (Lipinski definition) is 5. The number of anilines is 3. The second-order valence-corrected chi connectivity index (χ2v) is 7.64. The summed E-state index contributed by atoms with van der Waals surface area (Å²) in [5, 5.41) is 13.5. The van der Waals surface area contributed by atoms with Crippen LogP contribution in [-0.2, 0) is 0 Å². The Morgan fingerprint density at radius 1 is 1.00 bits per heavy atom. The molecule has 0 saturated heterocycles. The Hall–Kier alpha value is -3.85. The van der Waals surface area contributed by atoms with Gasteiger partial charge in [0.1, 0.15) is 27.2 Å². The Morgan fingerprint density at radius 2 is 1.86 bits per heavy atom. The van der Waals surface area contributed by atoms with Gasteiger partial charge in [0.2, 0.25) is 0 Å². The summed E-state index contributed by atoms with van der Waals surface area (Å²) < 4.78 is 0. The molecule has 1 aliphatic rings. The van der Waals surface area contributed by atoms with Crippen molar-refractivity contribution in [1.82, 2.24) is 15.0 Å². The number of nitrogens with one attached hydrogen (secondary N) is 1. The van der Waals surface area contributed by atoms with Crippen LogP contribution >= 0.6 is 10.5 Å². The van der Waals surface area contributed by atoms with Crippen molar-refractivity contribution in [3.05, 3.63) is 60.4 Å². The van der Waals surface area contributed by atoms with E-state index in [0.29, 0.717) is 38.7 Å². The van der Waals surface area contributed by atoms with E-state index in [4.69, 9.17) is 0 Å². The van der Waals surface area contributed by atoms with Crippen LogP contribution in [0.2, 0.25) is 0 Å². The third kappa shape index (κ3) is 2.33. The van der Waals surface area contributed by atoms with Crippen molar-refractivity contribution in [2.75, 3.05) is 10.2 Å². The second-order valence-electron chi connectivity index (χ2n) is 6.00. The molecule has 2 amide bonds. The number of carbonyl (C=O) groups is 2. The van der Waals surface area contributed by atoms with Crippen LogP contribution in [0, 0.1) is 0 Å². The van der Waals surface area contributed by atoms with Gasteiger partial charge in [-0.3, -0.25) is 14.9 Å². The number of urea groups is 1. The fourth-order valence-corrected chi connectivity index (χ4v) is 4.69. The topological polar surface area (TPSA) is 108 Å². The monoisotopic (exact) mass is 390 g/mol.